The molecule has 1 heterocycles. The van der Waals surface area contributed by atoms with Gasteiger partial charge in [0.25, 0.3) is 5.91 Å². The highest BCUT2D eigenvalue weighted by atomic mass is 127. The first-order chi connectivity index (χ1) is 7.75. The molecule has 0 radical (unpaired) electrons. The van der Waals surface area contributed by atoms with E-state index in [1.54, 1.807) is 0 Å². The Bertz CT molecular complexity index is 482. The molecule has 0 aliphatic rings. The molecule has 82 valence electrons. The second-order valence-electron chi connectivity index (χ2n) is 3.18. The summed E-state index contributed by atoms with van der Waals surface area (Å²) in [6, 6.07) is 7.93. The Morgan fingerprint density at radius 1 is 1.50 bits per heavy atom. The smallest absolute Gasteiger partial charge is 0.288 e. The fourth-order valence-corrected chi connectivity index (χ4v) is 1.85. The van der Waals surface area contributed by atoms with Crippen LogP contribution in [0.4, 0.5) is 0 Å². The first-order valence-corrected chi connectivity index (χ1v) is 5.75. The lowest BCUT2D eigenvalue weighted by Crippen LogP contribution is -2.22. The molecule has 0 aliphatic heterocycles. The van der Waals surface area contributed by atoms with Crippen LogP contribution in [-0.2, 0) is 6.54 Å². The summed E-state index contributed by atoms with van der Waals surface area (Å²) in [6.07, 6.45) is 2.63. The van der Waals surface area contributed by atoms with E-state index >= 15 is 0 Å². The molecule has 4 nitrogen and oxygen atoms in total. The summed E-state index contributed by atoms with van der Waals surface area (Å²) in [4.78, 5) is 15.2. The third kappa shape index (κ3) is 2.82. The molecular weight excluding hydrogens is 319 g/mol. The number of oxazole rings is 1. The van der Waals surface area contributed by atoms with Crippen LogP contribution in [0.2, 0.25) is 0 Å². The Labute approximate surface area is 106 Å². The molecule has 0 aliphatic carbocycles. The van der Waals surface area contributed by atoms with Crippen molar-refractivity contribution in [2.45, 2.75) is 6.54 Å². The molecule has 0 bridgehead atoms. The third-order valence-electron chi connectivity index (χ3n) is 2.00. The van der Waals surface area contributed by atoms with E-state index in [0.29, 0.717) is 6.54 Å². The zero-order valence-corrected chi connectivity index (χ0v) is 10.5. The van der Waals surface area contributed by atoms with Gasteiger partial charge in [0.1, 0.15) is 0 Å². The van der Waals surface area contributed by atoms with Crippen molar-refractivity contribution < 1.29 is 9.21 Å². The molecule has 1 aromatic heterocycles. The SMILES string of the molecule is O=C(NCc1cccc(I)c1)c1cnco1. The van der Waals surface area contributed by atoms with Gasteiger partial charge in [0.2, 0.25) is 5.76 Å². The predicted molar refractivity (Wildman–Crippen MR) is 66.8 cm³/mol. The van der Waals surface area contributed by atoms with Gasteiger partial charge in [-0.3, -0.25) is 4.79 Å². The van der Waals surface area contributed by atoms with Gasteiger partial charge in [-0.05, 0) is 40.3 Å². The lowest BCUT2D eigenvalue weighted by atomic mass is 10.2. The van der Waals surface area contributed by atoms with Crippen molar-refractivity contribution >= 4 is 28.5 Å². The van der Waals surface area contributed by atoms with Gasteiger partial charge in [-0.25, -0.2) is 4.98 Å². The summed E-state index contributed by atoms with van der Waals surface area (Å²) in [5, 5.41) is 2.75. The molecule has 2 aromatic rings. The zero-order valence-electron chi connectivity index (χ0n) is 8.31. The van der Waals surface area contributed by atoms with Crippen LogP contribution >= 0.6 is 22.6 Å². The summed E-state index contributed by atoms with van der Waals surface area (Å²) in [7, 11) is 0. The summed E-state index contributed by atoms with van der Waals surface area (Å²) in [5.74, 6) is -0.0259. The molecule has 1 amide bonds. The Kier molecular flexibility index (Phi) is 3.55. The van der Waals surface area contributed by atoms with E-state index in [4.69, 9.17) is 4.42 Å². The maximum Gasteiger partial charge on any atom is 0.288 e. The number of nitrogens with one attached hydrogen (secondary N) is 1. The first-order valence-electron chi connectivity index (χ1n) is 4.67. The highest BCUT2D eigenvalue weighted by Gasteiger charge is 2.08. The van der Waals surface area contributed by atoms with Crippen LogP contribution in [0.3, 0.4) is 0 Å². The van der Waals surface area contributed by atoms with Crippen molar-refractivity contribution in [3.8, 4) is 0 Å². The minimum absolute atomic E-state index is 0.227. The van der Waals surface area contributed by atoms with Crippen LogP contribution in [0, 0.1) is 3.57 Å². The lowest BCUT2D eigenvalue weighted by molar-refractivity contribution is 0.0923. The van der Waals surface area contributed by atoms with Crippen molar-refractivity contribution in [1.82, 2.24) is 10.3 Å². The number of nitrogens with zero attached hydrogens (tertiary/aromatic N) is 1. The minimum atomic E-state index is -0.253. The standard InChI is InChI=1S/C11H9IN2O2/c12-9-3-1-2-8(4-9)5-14-11(15)10-6-13-7-16-10/h1-4,6-7H,5H2,(H,14,15). The molecule has 0 atom stereocenters. The van der Waals surface area contributed by atoms with Gasteiger partial charge in [0.15, 0.2) is 6.39 Å². The molecule has 0 saturated carbocycles. The zero-order chi connectivity index (χ0) is 11.4. The highest BCUT2D eigenvalue weighted by molar-refractivity contribution is 14.1. The van der Waals surface area contributed by atoms with Crippen LogP contribution in [0.1, 0.15) is 16.1 Å². The Hall–Kier alpha value is -1.37. The van der Waals surface area contributed by atoms with Gasteiger partial charge in [-0.15, -0.1) is 0 Å². The molecule has 0 unspecified atom stereocenters. The molecule has 2 rings (SSSR count). The fraction of sp³-hybridized carbons (Fsp3) is 0.0909. The van der Waals surface area contributed by atoms with Crippen molar-refractivity contribution in [2.75, 3.05) is 0 Å². The van der Waals surface area contributed by atoms with E-state index in [1.807, 2.05) is 24.3 Å². The maximum atomic E-state index is 11.5. The lowest BCUT2D eigenvalue weighted by Gasteiger charge is -2.03. The predicted octanol–water partition coefficient (Wildman–Crippen LogP) is 2.21. The molecule has 5 heteroatoms. The topological polar surface area (TPSA) is 55.1 Å². The Balaban J connectivity index is 1.95. The molecule has 0 fully saturated rings. The van der Waals surface area contributed by atoms with Gasteiger partial charge in [-0.2, -0.15) is 0 Å². The summed E-state index contributed by atoms with van der Waals surface area (Å²) in [6.45, 7) is 0.483. The van der Waals surface area contributed by atoms with E-state index < -0.39 is 0 Å². The maximum absolute atomic E-state index is 11.5. The second kappa shape index (κ2) is 5.11. The molecule has 0 spiro atoms. The second-order valence-corrected chi connectivity index (χ2v) is 4.42. The van der Waals surface area contributed by atoms with E-state index in [2.05, 4.69) is 32.9 Å². The largest absolute Gasteiger partial charge is 0.438 e. The first kappa shape index (κ1) is 11.1. The van der Waals surface area contributed by atoms with Gasteiger partial charge in [0, 0.05) is 10.1 Å². The number of benzene rings is 1. The quantitative estimate of drug-likeness (QED) is 0.879. The Morgan fingerprint density at radius 2 is 2.38 bits per heavy atom. The highest BCUT2D eigenvalue weighted by Crippen LogP contribution is 2.07. The van der Waals surface area contributed by atoms with Crippen LogP contribution in [-0.4, -0.2) is 10.9 Å². The number of carbonyl (C=O) groups excluding carboxylic acids is 1. The number of rotatable bonds is 3. The number of hydrogen-bond donors (Lipinski definition) is 1. The molecule has 1 aromatic carbocycles. The van der Waals surface area contributed by atoms with Crippen LogP contribution < -0.4 is 5.32 Å². The average Bonchev–Trinajstić information content (AvgIpc) is 2.79. The monoisotopic (exact) mass is 328 g/mol. The van der Waals surface area contributed by atoms with Gasteiger partial charge >= 0.3 is 0 Å². The molecule has 1 N–H and O–H groups in total. The van der Waals surface area contributed by atoms with E-state index in [1.165, 1.54) is 12.6 Å². The van der Waals surface area contributed by atoms with Crippen molar-refractivity contribution in [2.24, 2.45) is 0 Å². The fourth-order valence-electron chi connectivity index (χ4n) is 1.24. The van der Waals surface area contributed by atoms with Crippen LogP contribution in [0.25, 0.3) is 0 Å². The molecular formula is C11H9IN2O2. The van der Waals surface area contributed by atoms with Crippen molar-refractivity contribution in [3.05, 3.63) is 51.7 Å². The number of aromatic nitrogens is 1. The summed E-state index contributed by atoms with van der Waals surface area (Å²) >= 11 is 2.23. The summed E-state index contributed by atoms with van der Waals surface area (Å²) < 4.78 is 6.03. The summed E-state index contributed by atoms with van der Waals surface area (Å²) in [5.41, 5.74) is 1.06. The number of amides is 1. The van der Waals surface area contributed by atoms with Crippen molar-refractivity contribution in [3.63, 3.8) is 0 Å². The van der Waals surface area contributed by atoms with Gasteiger partial charge < -0.3 is 9.73 Å². The normalized spacial score (nSPS) is 10.1. The van der Waals surface area contributed by atoms with E-state index in [9.17, 15) is 4.79 Å². The van der Waals surface area contributed by atoms with Crippen LogP contribution in [0.5, 0.6) is 0 Å². The van der Waals surface area contributed by atoms with Gasteiger partial charge in [-0.1, -0.05) is 12.1 Å². The third-order valence-corrected chi connectivity index (χ3v) is 2.67. The number of carbonyl (C=O) groups is 1. The van der Waals surface area contributed by atoms with Crippen molar-refractivity contribution in [1.29, 1.82) is 0 Å². The number of halogens is 1. The van der Waals surface area contributed by atoms with Crippen LogP contribution in [0.15, 0.2) is 41.3 Å². The Morgan fingerprint density at radius 3 is 3.06 bits per heavy atom. The molecule has 16 heavy (non-hydrogen) atoms. The molecule has 0 saturated heterocycles. The number of hydrogen-bond acceptors (Lipinski definition) is 3. The van der Waals surface area contributed by atoms with E-state index in [0.717, 1.165) is 9.13 Å². The minimum Gasteiger partial charge on any atom is -0.438 e. The van der Waals surface area contributed by atoms with E-state index in [-0.39, 0.29) is 11.7 Å². The van der Waals surface area contributed by atoms with Gasteiger partial charge in [0.05, 0.1) is 6.20 Å². The average molecular weight is 328 g/mol.